The van der Waals surface area contributed by atoms with Gasteiger partial charge in [0.25, 0.3) is 5.56 Å². The van der Waals surface area contributed by atoms with E-state index in [9.17, 15) is 10.1 Å². The molecule has 184 valence electrons. The number of nitrogens with one attached hydrogen (secondary N) is 2. The summed E-state index contributed by atoms with van der Waals surface area (Å²) < 4.78 is 3.45. The maximum atomic E-state index is 13.4. The molecule has 0 saturated carbocycles. The molecule has 2 aromatic heterocycles. The van der Waals surface area contributed by atoms with Gasteiger partial charge < -0.3 is 10.6 Å². The summed E-state index contributed by atoms with van der Waals surface area (Å²) >= 11 is 6.47. The van der Waals surface area contributed by atoms with E-state index in [1.54, 1.807) is 21.6 Å². The Morgan fingerprint density at radius 3 is 2.75 bits per heavy atom. The Balaban J connectivity index is 1.65. The summed E-state index contributed by atoms with van der Waals surface area (Å²) in [7, 11) is 0. The van der Waals surface area contributed by atoms with E-state index in [0.717, 1.165) is 25.2 Å². The average Bonchev–Trinajstić information content (AvgIpc) is 3.16. The third-order valence-corrected chi connectivity index (χ3v) is 6.94. The van der Waals surface area contributed by atoms with E-state index in [-0.39, 0.29) is 11.6 Å². The predicted octanol–water partition coefficient (Wildman–Crippen LogP) is 5.01. The molecule has 5 rings (SSSR count). The van der Waals surface area contributed by atoms with Crippen molar-refractivity contribution < 1.29 is 0 Å². The number of anilines is 2. The zero-order valence-corrected chi connectivity index (χ0v) is 21.5. The molecule has 0 saturated heterocycles. The van der Waals surface area contributed by atoms with Crippen molar-refractivity contribution in [3.8, 4) is 11.8 Å². The molecule has 1 aliphatic heterocycles. The molecule has 0 amide bonds. The molecule has 4 aromatic rings. The maximum Gasteiger partial charge on any atom is 0.278 e. The van der Waals surface area contributed by atoms with Crippen molar-refractivity contribution in [1.29, 1.82) is 5.26 Å². The second kappa shape index (κ2) is 9.08. The van der Waals surface area contributed by atoms with Crippen LogP contribution in [0.1, 0.15) is 50.4 Å². The first-order valence-corrected chi connectivity index (χ1v) is 12.4. The third kappa shape index (κ3) is 4.15. The molecule has 0 fully saturated rings. The predicted molar refractivity (Wildman–Crippen MR) is 142 cm³/mol. The first-order chi connectivity index (χ1) is 17.2. The van der Waals surface area contributed by atoms with E-state index in [0.29, 0.717) is 33.3 Å². The second-order valence-electron chi connectivity index (χ2n) is 9.92. The van der Waals surface area contributed by atoms with E-state index in [4.69, 9.17) is 16.6 Å². The van der Waals surface area contributed by atoms with Crippen LogP contribution < -0.4 is 16.2 Å². The molecule has 2 aromatic carbocycles. The molecular formula is C27H28ClN7O. The van der Waals surface area contributed by atoms with E-state index >= 15 is 0 Å². The Morgan fingerprint density at radius 2 is 2.00 bits per heavy atom. The molecule has 0 radical (unpaired) electrons. The molecule has 0 bridgehead atoms. The average molecular weight is 502 g/mol. The number of aromatic nitrogens is 4. The highest BCUT2D eigenvalue weighted by molar-refractivity contribution is 6.31. The minimum absolute atomic E-state index is 0.138. The fourth-order valence-electron chi connectivity index (χ4n) is 4.64. The van der Waals surface area contributed by atoms with Gasteiger partial charge in [-0.1, -0.05) is 17.7 Å². The van der Waals surface area contributed by atoms with E-state index < -0.39 is 5.41 Å². The summed E-state index contributed by atoms with van der Waals surface area (Å²) in [6, 6.07) is 13.9. The number of benzene rings is 2. The van der Waals surface area contributed by atoms with Crippen LogP contribution in [0, 0.1) is 11.3 Å². The highest BCUT2D eigenvalue weighted by Gasteiger charge is 2.25. The molecule has 0 aliphatic carbocycles. The van der Waals surface area contributed by atoms with Gasteiger partial charge in [0.15, 0.2) is 5.65 Å². The maximum absolute atomic E-state index is 13.4. The summed E-state index contributed by atoms with van der Waals surface area (Å²) in [5.74, 6) is 0.401. The van der Waals surface area contributed by atoms with Crippen LogP contribution in [0.4, 0.5) is 11.6 Å². The summed E-state index contributed by atoms with van der Waals surface area (Å²) in [6.07, 6.45) is 2.54. The molecule has 0 spiro atoms. The highest BCUT2D eigenvalue weighted by atomic mass is 35.5. The third-order valence-electron chi connectivity index (χ3n) is 6.61. The topological polar surface area (TPSA) is 101 Å². The normalized spacial score (nSPS) is 13.6. The van der Waals surface area contributed by atoms with Gasteiger partial charge in [0.05, 0.1) is 17.2 Å². The van der Waals surface area contributed by atoms with Crippen molar-refractivity contribution in [2.24, 2.45) is 0 Å². The molecule has 0 atom stereocenters. The van der Waals surface area contributed by atoms with Crippen molar-refractivity contribution in [1.82, 2.24) is 24.6 Å². The van der Waals surface area contributed by atoms with Crippen LogP contribution in [0.5, 0.6) is 0 Å². The summed E-state index contributed by atoms with van der Waals surface area (Å²) in [5, 5.41) is 17.3. The van der Waals surface area contributed by atoms with Gasteiger partial charge in [-0.2, -0.15) is 10.2 Å². The zero-order chi connectivity index (χ0) is 25.6. The standard InChI is InChI=1S/C27H28ClN7O/c1-16(2)34-25(36)21-14-31-26(32-19-6-5-18-13-30-10-9-17(18)11-19)33-24(21)35(34)20-7-8-23(28)22(12-20)27(3,4)15-29/h5-8,11-12,14,16,30H,9-10,13H2,1-4H3,(H,31,32,33). The number of hydrogen-bond donors (Lipinski definition) is 2. The Kier molecular flexibility index (Phi) is 6.07. The minimum atomic E-state index is -0.803. The Morgan fingerprint density at radius 1 is 1.19 bits per heavy atom. The van der Waals surface area contributed by atoms with Crippen LogP contribution >= 0.6 is 11.6 Å². The van der Waals surface area contributed by atoms with Gasteiger partial charge in [-0.3, -0.25) is 4.79 Å². The smallest absolute Gasteiger partial charge is 0.278 e. The number of fused-ring (bicyclic) bond motifs is 2. The first-order valence-electron chi connectivity index (χ1n) is 12.0. The molecule has 36 heavy (non-hydrogen) atoms. The van der Waals surface area contributed by atoms with Crippen LogP contribution in [0.15, 0.2) is 47.4 Å². The lowest BCUT2D eigenvalue weighted by atomic mass is 9.86. The first kappa shape index (κ1) is 24.0. The molecule has 2 N–H and O–H groups in total. The van der Waals surface area contributed by atoms with Crippen LogP contribution in [-0.4, -0.2) is 25.9 Å². The Labute approximate surface area is 214 Å². The van der Waals surface area contributed by atoms with Crippen molar-refractivity contribution >= 4 is 34.3 Å². The molecule has 0 unspecified atom stereocenters. The van der Waals surface area contributed by atoms with E-state index in [1.807, 2.05) is 45.9 Å². The quantitative estimate of drug-likeness (QED) is 0.399. The number of halogens is 1. The van der Waals surface area contributed by atoms with Gasteiger partial charge in [-0.15, -0.1) is 0 Å². The SMILES string of the molecule is CC(C)n1c(=O)c2cnc(Nc3ccc4c(c3)CCNC4)nc2n1-c1ccc(Cl)c(C(C)(C)C#N)c1. The van der Waals surface area contributed by atoms with Gasteiger partial charge in [0, 0.05) is 29.5 Å². The van der Waals surface area contributed by atoms with E-state index in [1.165, 1.54) is 11.1 Å². The summed E-state index contributed by atoms with van der Waals surface area (Å²) in [6.45, 7) is 9.36. The molecule has 9 heteroatoms. The second-order valence-corrected chi connectivity index (χ2v) is 10.3. The highest BCUT2D eigenvalue weighted by Crippen LogP contribution is 2.32. The van der Waals surface area contributed by atoms with Crippen LogP contribution in [0.3, 0.4) is 0 Å². The summed E-state index contributed by atoms with van der Waals surface area (Å²) in [5.41, 5.74) is 4.38. The largest absolute Gasteiger partial charge is 0.324 e. The lowest BCUT2D eigenvalue weighted by Gasteiger charge is -2.21. The zero-order valence-electron chi connectivity index (χ0n) is 20.8. The Hall–Kier alpha value is -3.67. The van der Waals surface area contributed by atoms with Gasteiger partial charge in [-0.25, -0.2) is 14.3 Å². The van der Waals surface area contributed by atoms with Crippen LogP contribution in [0.25, 0.3) is 16.7 Å². The lowest BCUT2D eigenvalue weighted by Crippen LogP contribution is -2.24. The number of hydrogen-bond acceptors (Lipinski definition) is 6. The summed E-state index contributed by atoms with van der Waals surface area (Å²) in [4.78, 5) is 22.6. The van der Waals surface area contributed by atoms with Crippen LogP contribution in [0.2, 0.25) is 5.02 Å². The van der Waals surface area contributed by atoms with E-state index in [2.05, 4.69) is 33.8 Å². The van der Waals surface area contributed by atoms with Gasteiger partial charge >= 0.3 is 0 Å². The number of nitriles is 1. The minimum Gasteiger partial charge on any atom is -0.324 e. The van der Waals surface area contributed by atoms with Gasteiger partial charge in [0.1, 0.15) is 5.39 Å². The molecule has 1 aliphatic rings. The number of nitrogens with zero attached hydrogens (tertiary/aromatic N) is 5. The van der Waals surface area contributed by atoms with Crippen LogP contribution in [-0.2, 0) is 18.4 Å². The monoisotopic (exact) mass is 501 g/mol. The van der Waals surface area contributed by atoms with Crippen molar-refractivity contribution in [2.75, 3.05) is 11.9 Å². The number of rotatable bonds is 5. The molecular weight excluding hydrogens is 474 g/mol. The molecule has 8 nitrogen and oxygen atoms in total. The fourth-order valence-corrected chi connectivity index (χ4v) is 5.00. The van der Waals surface area contributed by atoms with Gasteiger partial charge in [-0.05, 0) is 87.7 Å². The van der Waals surface area contributed by atoms with Crippen molar-refractivity contribution in [3.63, 3.8) is 0 Å². The van der Waals surface area contributed by atoms with Gasteiger partial charge in [0.2, 0.25) is 5.95 Å². The molecule has 3 heterocycles. The Bertz CT molecular complexity index is 1580. The van der Waals surface area contributed by atoms with Crippen molar-refractivity contribution in [2.45, 2.75) is 52.1 Å². The van der Waals surface area contributed by atoms with Crippen molar-refractivity contribution in [3.05, 3.63) is 74.7 Å². The lowest BCUT2D eigenvalue weighted by molar-refractivity contribution is 0.475. The fraction of sp³-hybridized carbons (Fsp3) is 0.333.